The number of aromatic nitrogens is 1. The molecule has 4 rings (SSSR count). The maximum atomic E-state index is 13.9. The van der Waals surface area contributed by atoms with Gasteiger partial charge in [-0.2, -0.15) is 0 Å². The van der Waals surface area contributed by atoms with Gasteiger partial charge in [0.15, 0.2) is 11.6 Å². The zero-order valence-corrected chi connectivity index (χ0v) is 21.6. The van der Waals surface area contributed by atoms with Crippen molar-refractivity contribution in [2.45, 2.75) is 51.2 Å². The van der Waals surface area contributed by atoms with Gasteiger partial charge in [0.1, 0.15) is 11.6 Å². The highest BCUT2D eigenvalue weighted by Crippen LogP contribution is 2.40. The molecule has 2 heterocycles. The van der Waals surface area contributed by atoms with Crippen molar-refractivity contribution in [2.75, 3.05) is 33.4 Å². The summed E-state index contributed by atoms with van der Waals surface area (Å²) in [5, 5.41) is 32.1. The Morgan fingerprint density at radius 1 is 1.08 bits per heavy atom. The molecule has 3 aromatic rings. The Labute approximate surface area is 220 Å². The van der Waals surface area contributed by atoms with Crippen LogP contribution in [-0.2, 0) is 13.0 Å². The average molecular weight is 533 g/mol. The van der Waals surface area contributed by atoms with Crippen LogP contribution in [0, 0.1) is 22.9 Å². The van der Waals surface area contributed by atoms with Crippen LogP contribution in [0.15, 0.2) is 36.5 Å². The number of aliphatic hydroxyl groups excluding tert-OH is 3. The van der Waals surface area contributed by atoms with Crippen LogP contribution in [0.25, 0.3) is 10.9 Å². The van der Waals surface area contributed by atoms with Crippen molar-refractivity contribution < 1.29 is 33.2 Å². The number of aryl methyl sites for hydroxylation is 1. The highest BCUT2D eigenvalue weighted by molar-refractivity contribution is 5.85. The van der Waals surface area contributed by atoms with E-state index in [2.05, 4.69) is 9.88 Å². The monoisotopic (exact) mass is 532 g/mol. The minimum atomic E-state index is -1.17. The fourth-order valence-corrected chi connectivity index (χ4v) is 5.49. The third kappa shape index (κ3) is 6.29. The molecule has 1 aromatic heterocycles. The fourth-order valence-electron chi connectivity index (χ4n) is 5.49. The standard InChI is InChI=1S/C29H35F3N2O4/c1-38-22-4-5-25-23(15-22)27(20(17-35)16-33-25)26(37)6-7-29(18-36)8-11-34(12-9-29)10-2-3-19-13-21(30)14-24(31)28(19)32/h4-5,13-16,26,35-37H,2-3,6-12,17-18H2,1H3. The van der Waals surface area contributed by atoms with Gasteiger partial charge in [-0.1, -0.05) is 0 Å². The molecule has 9 heteroatoms. The second kappa shape index (κ2) is 12.4. The van der Waals surface area contributed by atoms with Gasteiger partial charge in [-0.05, 0) is 99.0 Å². The van der Waals surface area contributed by atoms with Gasteiger partial charge in [0, 0.05) is 29.8 Å². The lowest BCUT2D eigenvalue weighted by molar-refractivity contribution is 0.0232. The number of ether oxygens (including phenoxy) is 1. The van der Waals surface area contributed by atoms with Gasteiger partial charge in [0.05, 0.1) is 25.3 Å². The fraction of sp³-hybridized carbons (Fsp3) is 0.483. The van der Waals surface area contributed by atoms with Crippen LogP contribution in [0.1, 0.15) is 54.9 Å². The van der Waals surface area contributed by atoms with Gasteiger partial charge in [0.2, 0.25) is 0 Å². The molecule has 0 saturated carbocycles. The Bertz CT molecular complexity index is 1240. The number of fused-ring (bicyclic) bond motifs is 1. The summed E-state index contributed by atoms with van der Waals surface area (Å²) in [6, 6.07) is 7.01. The van der Waals surface area contributed by atoms with Crippen LogP contribution in [-0.4, -0.2) is 58.6 Å². The van der Waals surface area contributed by atoms with E-state index in [0.29, 0.717) is 54.3 Å². The van der Waals surface area contributed by atoms with E-state index in [1.807, 2.05) is 12.1 Å². The van der Waals surface area contributed by atoms with E-state index in [9.17, 15) is 28.5 Å². The number of pyridine rings is 1. The van der Waals surface area contributed by atoms with Crippen LogP contribution in [0.3, 0.4) is 0 Å². The summed E-state index contributed by atoms with van der Waals surface area (Å²) < 4.78 is 46.1. The first-order chi connectivity index (χ1) is 18.3. The molecule has 38 heavy (non-hydrogen) atoms. The molecule has 1 saturated heterocycles. The molecule has 3 N–H and O–H groups in total. The summed E-state index contributed by atoms with van der Waals surface area (Å²) in [6.07, 6.45) is 4.02. The molecule has 1 atom stereocenters. The minimum Gasteiger partial charge on any atom is -0.497 e. The third-order valence-corrected chi connectivity index (χ3v) is 7.89. The van der Waals surface area contributed by atoms with Gasteiger partial charge >= 0.3 is 0 Å². The summed E-state index contributed by atoms with van der Waals surface area (Å²) in [5.41, 5.74) is 1.59. The second-order valence-electron chi connectivity index (χ2n) is 10.3. The summed E-state index contributed by atoms with van der Waals surface area (Å²) in [4.78, 5) is 6.60. The summed E-state index contributed by atoms with van der Waals surface area (Å²) in [5.74, 6) is -2.31. The number of rotatable bonds is 11. The molecule has 1 aliphatic rings. The lowest BCUT2D eigenvalue weighted by atomic mass is 9.74. The van der Waals surface area contributed by atoms with Crippen LogP contribution >= 0.6 is 0 Å². The molecule has 1 aliphatic heterocycles. The molecule has 2 aromatic carbocycles. The lowest BCUT2D eigenvalue weighted by Gasteiger charge is -2.41. The van der Waals surface area contributed by atoms with Gasteiger partial charge in [0.25, 0.3) is 0 Å². The van der Waals surface area contributed by atoms with E-state index in [0.717, 1.165) is 37.4 Å². The smallest absolute Gasteiger partial charge is 0.162 e. The van der Waals surface area contributed by atoms with Gasteiger partial charge in [-0.25, -0.2) is 13.2 Å². The van der Waals surface area contributed by atoms with Crippen LogP contribution in [0.2, 0.25) is 0 Å². The molecule has 0 aliphatic carbocycles. The van der Waals surface area contributed by atoms with Gasteiger partial charge in [-0.3, -0.25) is 4.98 Å². The second-order valence-corrected chi connectivity index (χ2v) is 10.3. The Morgan fingerprint density at radius 3 is 2.53 bits per heavy atom. The Morgan fingerprint density at radius 2 is 1.84 bits per heavy atom. The predicted octanol–water partition coefficient (Wildman–Crippen LogP) is 4.67. The molecule has 1 unspecified atom stereocenters. The van der Waals surface area contributed by atoms with Crippen molar-refractivity contribution in [1.82, 2.24) is 9.88 Å². The number of methoxy groups -OCH3 is 1. The first-order valence-electron chi connectivity index (χ1n) is 13.0. The lowest BCUT2D eigenvalue weighted by Crippen LogP contribution is -2.42. The van der Waals surface area contributed by atoms with Crippen LogP contribution in [0.5, 0.6) is 5.75 Å². The first-order valence-corrected chi connectivity index (χ1v) is 13.0. The van der Waals surface area contributed by atoms with Crippen molar-refractivity contribution >= 4 is 10.9 Å². The van der Waals surface area contributed by atoms with Gasteiger partial charge in [-0.15, -0.1) is 0 Å². The third-order valence-electron chi connectivity index (χ3n) is 7.89. The highest BCUT2D eigenvalue weighted by atomic mass is 19.2. The van der Waals surface area contributed by atoms with Crippen LogP contribution < -0.4 is 4.74 Å². The van der Waals surface area contributed by atoms with E-state index in [4.69, 9.17) is 4.74 Å². The van der Waals surface area contributed by atoms with E-state index in [1.165, 1.54) is 0 Å². The largest absolute Gasteiger partial charge is 0.497 e. The van der Waals surface area contributed by atoms with Crippen molar-refractivity contribution in [3.05, 3.63) is 70.7 Å². The zero-order valence-electron chi connectivity index (χ0n) is 21.6. The van der Waals surface area contributed by atoms with Crippen molar-refractivity contribution in [3.63, 3.8) is 0 Å². The van der Waals surface area contributed by atoms with E-state index in [-0.39, 0.29) is 30.6 Å². The SMILES string of the molecule is COc1ccc2ncc(CO)c(C(O)CCC3(CO)CCN(CCCc4cc(F)cc(F)c4F)CC3)c2c1. The summed E-state index contributed by atoms with van der Waals surface area (Å²) in [7, 11) is 1.57. The first kappa shape index (κ1) is 28.3. The highest BCUT2D eigenvalue weighted by Gasteiger charge is 2.34. The van der Waals surface area contributed by atoms with Gasteiger partial charge < -0.3 is 25.0 Å². The predicted molar refractivity (Wildman–Crippen MR) is 138 cm³/mol. The number of piperidine rings is 1. The summed E-state index contributed by atoms with van der Waals surface area (Å²) >= 11 is 0. The number of aliphatic hydroxyl groups is 3. The van der Waals surface area contributed by atoms with Crippen LogP contribution in [0.4, 0.5) is 13.2 Å². The quantitative estimate of drug-likeness (QED) is 0.311. The molecular formula is C29H35F3N2O4. The zero-order chi connectivity index (χ0) is 27.3. The number of benzene rings is 2. The minimum absolute atomic E-state index is 0.000880. The number of nitrogens with zero attached hydrogens (tertiary/aromatic N) is 2. The van der Waals surface area contributed by atoms with E-state index < -0.39 is 23.6 Å². The molecule has 0 radical (unpaired) electrons. The number of halogens is 3. The Hall–Kier alpha value is -2.72. The molecule has 0 spiro atoms. The molecule has 206 valence electrons. The summed E-state index contributed by atoms with van der Waals surface area (Å²) in [6.45, 7) is 1.87. The normalized spacial score (nSPS) is 16.6. The Balaban J connectivity index is 1.35. The molecule has 6 nitrogen and oxygen atoms in total. The van der Waals surface area contributed by atoms with E-state index >= 15 is 0 Å². The number of likely N-dealkylation sites (tertiary alicyclic amines) is 1. The maximum Gasteiger partial charge on any atom is 0.162 e. The average Bonchev–Trinajstić information content (AvgIpc) is 2.94. The Kier molecular flexibility index (Phi) is 9.25. The van der Waals surface area contributed by atoms with Crippen molar-refractivity contribution in [2.24, 2.45) is 5.41 Å². The van der Waals surface area contributed by atoms with Crippen molar-refractivity contribution in [1.29, 1.82) is 0 Å². The molecule has 1 fully saturated rings. The topological polar surface area (TPSA) is 86.0 Å². The number of hydrogen-bond donors (Lipinski definition) is 3. The molecule has 0 bridgehead atoms. The number of hydrogen-bond acceptors (Lipinski definition) is 6. The molecule has 0 amide bonds. The maximum absolute atomic E-state index is 13.9. The van der Waals surface area contributed by atoms with E-state index in [1.54, 1.807) is 19.4 Å². The van der Waals surface area contributed by atoms with Crippen molar-refractivity contribution in [3.8, 4) is 5.75 Å². The molecular weight excluding hydrogens is 497 g/mol.